The zero-order valence-corrected chi connectivity index (χ0v) is 18.3. The van der Waals surface area contributed by atoms with Crippen LogP contribution in [0.2, 0.25) is 0 Å². The third kappa shape index (κ3) is 5.21. The third-order valence-electron chi connectivity index (χ3n) is 5.74. The topological polar surface area (TPSA) is 49.4 Å². The standard InChI is InChI=1S/C24H30N2O2S/c1-4-21(18-8-6-5-7-9-18)24(28)26-14-12-19(13-15-26)25-23(27)22-16-20(29-3)11-10-17(22)2/h5-11,16,19,21H,4,12-15H2,1-3H3,(H,25,27). The summed E-state index contributed by atoms with van der Waals surface area (Å²) in [6.07, 6.45) is 4.40. The fourth-order valence-electron chi connectivity index (χ4n) is 3.94. The van der Waals surface area contributed by atoms with Gasteiger partial charge in [0.05, 0.1) is 5.92 Å². The number of carbonyl (C=O) groups is 2. The van der Waals surface area contributed by atoms with E-state index in [1.165, 1.54) is 0 Å². The van der Waals surface area contributed by atoms with Crippen molar-refractivity contribution in [3.63, 3.8) is 0 Å². The first-order valence-electron chi connectivity index (χ1n) is 10.3. The molecule has 1 unspecified atom stereocenters. The summed E-state index contributed by atoms with van der Waals surface area (Å²) in [4.78, 5) is 28.8. The number of nitrogens with zero attached hydrogens (tertiary/aromatic N) is 1. The van der Waals surface area contributed by atoms with Gasteiger partial charge in [0, 0.05) is 29.6 Å². The summed E-state index contributed by atoms with van der Waals surface area (Å²) in [6, 6.07) is 16.1. The Morgan fingerprint density at radius 1 is 1.14 bits per heavy atom. The lowest BCUT2D eigenvalue weighted by molar-refractivity contribution is -0.134. The second-order valence-electron chi connectivity index (χ2n) is 7.63. The number of benzene rings is 2. The van der Waals surface area contributed by atoms with Crippen molar-refractivity contribution in [2.75, 3.05) is 19.3 Å². The second-order valence-corrected chi connectivity index (χ2v) is 8.51. The van der Waals surface area contributed by atoms with E-state index in [-0.39, 0.29) is 23.8 Å². The number of likely N-dealkylation sites (tertiary alicyclic amines) is 1. The van der Waals surface area contributed by atoms with Gasteiger partial charge in [0.1, 0.15) is 0 Å². The molecule has 0 bridgehead atoms. The highest BCUT2D eigenvalue weighted by Gasteiger charge is 2.29. The molecule has 3 rings (SSSR count). The number of hydrogen-bond donors (Lipinski definition) is 1. The SMILES string of the molecule is CCC(C(=O)N1CCC(NC(=O)c2cc(SC)ccc2C)CC1)c1ccccc1. The van der Waals surface area contributed by atoms with Crippen molar-refractivity contribution in [1.82, 2.24) is 10.2 Å². The van der Waals surface area contributed by atoms with E-state index in [1.54, 1.807) is 11.8 Å². The van der Waals surface area contributed by atoms with Crippen LogP contribution in [0.4, 0.5) is 0 Å². The molecule has 154 valence electrons. The number of amides is 2. The van der Waals surface area contributed by atoms with Crippen molar-refractivity contribution in [2.45, 2.75) is 50.0 Å². The minimum absolute atomic E-state index is 0.0149. The molecule has 1 atom stereocenters. The average Bonchev–Trinajstić information content (AvgIpc) is 2.75. The molecule has 1 heterocycles. The number of rotatable bonds is 6. The Hall–Kier alpha value is -2.27. The highest BCUT2D eigenvalue weighted by atomic mass is 32.2. The highest BCUT2D eigenvalue weighted by molar-refractivity contribution is 7.98. The predicted molar refractivity (Wildman–Crippen MR) is 120 cm³/mol. The van der Waals surface area contributed by atoms with Crippen LogP contribution in [0, 0.1) is 6.92 Å². The van der Waals surface area contributed by atoms with Gasteiger partial charge in [-0.15, -0.1) is 11.8 Å². The van der Waals surface area contributed by atoms with Gasteiger partial charge in [-0.1, -0.05) is 43.3 Å². The summed E-state index contributed by atoms with van der Waals surface area (Å²) >= 11 is 1.64. The molecule has 0 aliphatic carbocycles. The number of thioether (sulfide) groups is 1. The molecule has 2 aromatic carbocycles. The molecule has 0 saturated carbocycles. The number of hydrogen-bond acceptors (Lipinski definition) is 3. The quantitative estimate of drug-likeness (QED) is 0.706. The molecule has 1 aliphatic heterocycles. The molecule has 29 heavy (non-hydrogen) atoms. The van der Waals surface area contributed by atoms with Gasteiger partial charge < -0.3 is 10.2 Å². The summed E-state index contributed by atoms with van der Waals surface area (Å²) in [6.45, 7) is 5.41. The lowest BCUT2D eigenvalue weighted by Gasteiger charge is -2.34. The summed E-state index contributed by atoms with van der Waals surface area (Å²) in [7, 11) is 0. The largest absolute Gasteiger partial charge is 0.349 e. The Labute approximate surface area is 178 Å². The van der Waals surface area contributed by atoms with Crippen LogP contribution >= 0.6 is 11.8 Å². The number of aryl methyl sites for hydroxylation is 1. The first kappa shape index (κ1) is 21.4. The first-order chi connectivity index (χ1) is 14.0. The van der Waals surface area contributed by atoms with Crippen molar-refractivity contribution in [3.8, 4) is 0 Å². The summed E-state index contributed by atoms with van der Waals surface area (Å²) < 4.78 is 0. The van der Waals surface area contributed by atoms with Crippen LogP contribution in [-0.2, 0) is 4.79 Å². The monoisotopic (exact) mass is 410 g/mol. The molecule has 1 fully saturated rings. The van der Waals surface area contributed by atoms with Crippen LogP contribution in [-0.4, -0.2) is 42.1 Å². The Balaban J connectivity index is 1.58. The van der Waals surface area contributed by atoms with E-state index in [2.05, 4.69) is 12.2 Å². The Morgan fingerprint density at radius 2 is 1.83 bits per heavy atom. The smallest absolute Gasteiger partial charge is 0.251 e. The van der Waals surface area contributed by atoms with Crippen LogP contribution in [0.25, 0.3) is 0 Å². The maximum absolute atomic E-state index is 13.0. The average molecular weight is 411 g/mol. The highest BCUT2D eigenvalue weighted by Crippen LogP contribution is 2.24. The summed E-state index contributed by atoms with van der Waals surface area (Å²) in [5, 5.41) is 3.18. The lowest BCUT2D eigenvalue weighted by Crippen LogP contribution is -2.47. The second kappa shape index (κ2) is 9.97. The van der Waals surface area contributed by atoms with Crippen molar-refractivity contribution in [2.24, 2.45) is 0 Å². The molecular weight excluding hydrogens is 380 g/mol. The molecule has 0 radical (unpaired) electrons. The van der Waals surface area contributed by atoms with Gasteiger partial charge >= 0.3 is 0 Å². The number of carbonyl (C=O) groups excluding carboxylic acids is 2. The van der Waals surface area contributed by atoms with Crippen molar-refractivity contribution >= 4 is 23.6 Å². The molecule has 2 amide bonds. The van der Waals surface area contributed by atoms with Gasteiger partial charge in [0.25, 0.3) is 5.91 Å². The Kier molecular flexibility index (Phi) is 7.37. The van der Waals surface area contributed by atoms with Crippen LogP contribution in [0.5, 0.6) is 0 Å². The van der Waals surface area contributed by atoms with Crippen LogP contribution in [0.1, 0.15) is 53.6 Å². The summed E-state index contributed by atoms with van der Waals surface area (Å²) in [5.41, 5.74) is 2.81. The van der Waals surface area contributed by atoms with E-state index in [1.807, 2.05) is 66.6 Å². The van der Waals surface area contributed by atoms with Gasteiger partial charge in [-0.25, -0.2) is 0 Å². The lowest BCUT2D eigenvalue weighted by atomic mass is 9.93. The Bertz CT molecular complexity index is 845. The van der Waals surface area contributed by atoms with Gasteiger partial charge in [-0.2, -0.15) is 0 Å². The summed E-state index contributed by atoms with van der Waals surface area (Å²) in [5.74, 6) is 0.102. The fraction of sp³-hybridized carbons (Fsp3) is 0.417. The minimum Gasteiger partial charge on any atom is -0.349 e. The molecule has 4 nitrogen and oxygen atoms in total. The zero-order chi connectivity index (χ0) is 20.8. The van der Waals surface area contributed by atoms with Gasteiger partial charge in [0.15, 0.2) is 0 Å². The van der Waals surface area contributed by atoms with Crippen molar-refractivity contribution in [1.29, 1.82) is 0 Å². The maximum Gasteiger partial charge on any atom is 0.251 e. The molecule has 1 N–H and O–H groups in total. The van der Waals surface area contributed by atoms with Crippen molar-refractivity contribution < 1.29 is 9.59 Å². The molecule has 1 saturated heterocycles. The maximum atomic E-state index is 13.0. The van der Waals surface area contributed by atoms with Gasteiger partial charge in [-0.05, 0) is 55.7 Å². The van der Waals surface area contributed by atoms with E-state index in [0.717, 1.165) is 40.8 Å². The number of nitrogens with one attached hydrogen (secondary N) is 1. The van der Waals surface area contributed by atoms with E-state index >= 15 is 0 Å². The van der Waals surface area contributed by atoms with E-state index < -0.39 is 0 Å². The van der Waals surface area contributed by atoms with E-state index in [4.69, 9.17) is 0 Å². The molecule has 5 heteroatoms. The van der Waals surface area contributed by atoms with Gasteiger partial charge in [-0.3, -0.25) is 9.59 Å². The van der Waals surface area contributed by atoms with Gasteiger partial charge in [0.2, 0.25) is 5.91 Å². The Morgan fingerprint density at radius 3 is 2.45 bits per heavy atom. The number of piperidine rings is 1. The predicted octanol–water partition coefficient (Wildman–Crippen LogP) is 4.63. The van der Waals surface area contributed by atoms with E-state index in [0.29, 0.717) is 13.1 Å². The normalized spacial score (nSPS) is 15.8. The first-order valence-corrected chi connectivity index (χ1v) is 11.5. The van der Waals surface area contributed by atoms with Crippen LogP contribution < -0.4 is 5.32 Å². The van der Waals surface area contributed by atoms with Crippen LogP contribution in [0.15, 0.2) is 53.4 Å². The van der Waals surface area contributed by atoms with E-state index in [9.17, 15) is 9.59 Å². The zero-order valence-electron chi connectivity index (χ0n) is 17.5. The molecule has 0 aromatic heterocycles. The van der Waals surface area contributed by atoms with Crippen molar-refractivity contribution in [3.05, 3.63) is 65.2 Å². The molecular formula is C24H30N2O2S. The van der Waals surface area contributed by atoms with Crippen LogP contribution in [0.3, 0.4) is 0 Å². The fourth-order valence-corrected chi connectivity index (χ4v) is 4.38. The minimum atomic E-state index is -0.0840. The third-order valence-corrected chi connectivity index (χ3v) is 6.46. The molecule has 1 aliphatic rings. The molecule has 0 spiro atoms. The molecule has 2 aromatic rings.